The van der Waals surface area contributed by atoms with Crippen LogP contribution in [-0.4, -0.2) is 183 Å². The maximum absolute atomic E-state index is 13.6. The van der Waals surface area contributed by atoms with Crippen LogP contribution in [0.3, 0.4) is 0 Å². The van der Waals surface area contributed by atoms with E-state index in [-0.39, 0.29) is 83.5 Å². The second-order valence-electron chi connectivity index (χ2n) is 26.8. The molecule has 8 rings (SSSR count). The summed E-state index contributed by atoms with van der Waals surface area (Å²) in [4.78, 5) is 86.1. The van der Waals surface area contributed by atoms with Crippen molar-refractivity contribution in [2.24, 2.45) is 29.2 Å². The molecule has 98 heavy (non-hydrogen) atoms. The Morgan fingerprint density at radius 1 is 0.480 bits per heavy atom. The summed E-state index contributed by atoms with van der Waals surface area (Å²) in [6.07, 6.45) is 10.8. The lowest BCUT2D eigenvalue weighted by Crippen LogP contribution is -2.50. The van der Waals surface area contributed by atoms with Crippen molar-refractivity contribution in [2.45, 2.75) is 155 Å². The van der Waals surface area contributed by atoms with E-state index in [1.54, 1.807) is 42.5 Å². The lowest BCUT2D eigenvalue weighted by atomic mass is 9.98. The van der Waals surface area contributed by atoms with Crippen molar-refractivity contribution >= 4 is 104 Å². The van der Waals surface area contributed by atoms with E-state index in [0.717, 1.165) is 92.1 Å². The maximum atomic E-state index is 13.6. The van der Waals surface area contributed by atoms with Crippen molar-refractivity contribution in [2.75, 3.05) is 91.6 Å². The molecule has 6 amide bonds. The Bertz CT molecular complexity index is 3350. The second kappa shape index (κ2) is 41.3. The molecule has 0 saturated carbocycles. The Morgan fingerprint density at radius 2 is 0.827 bits per heavy atom. The van der Waals surface area contributed by atoms with Gasteiger partial charge in [-0.3, -0.25) is 28.8 Å². The molecule has 10 N–H and O–H groups in total. The van der Waals surface area contributed by atoms with Gasteiger partial charge in [-0.1, -0.05) is 134 Å². The maximum Gasteiger partial charge on any atom is 0.251 e. The summed E-state index contributed by atoms with van der Waals surface area (Å²) in [7, 11) is 0. The third-order valence-corrected chi connectivity index (χ3v) is 21.0. The van der Waals surface area contributed by atoms with E-state index in [4.69, 9.17) is 69.5 Å². The first-order valence-electron chi connectivity index (χ1n) is 35.0. The predicted molar refractivity (Wildman–Crippen MR) is 403 cm³/mol. The highest BCUT2D eigenvalue weighted by Gasteiger charge is 2.35. The Balaban J connectivity index is 0.000000233. The van der Waals surface area contributed by atoms with Crippen LogP contribution in [0.1, 0.15) is 150 Å². The number of carbonyl (C=O) groups excluding carboxylic acids is 6. The number of fused-ring (bicyclic) bond motifs is 1. The summed E-state index contributed by atoms with van der Waals surface area (Å²) in [6.45, 7) is 34.0. The molecule has 23 heteroatoms. The molecule has 538 valence electrons. The second-order valence-corrected chi connectivity index (χ2v) is 28.8. The Morgan fingerprint density at radius 3 is 1.18 bits per heavy atom. The van der Waals surface area contributed by atoms with Gasteiger partial charge in [-0.25, -0.2) is 0 Å². The SMILES string of the molecule is C=C(C)C(CC)CN1CC[C@@H](CNC(=O)c2ccc(Cl)c(Cl)c2)N[C@@H](CCN)C1=O.C=C(C)C(CC)CN1CC[C@@H](CNC(=O)c2ccc(Cl)c(Cl)c2)N[C@@H](CCN2CCCCC2)C1=O.C=C(C)C(CC)CN1CC[C@@H](CNC(=O)c2ccc3cc(Cl)ccc3c2)N[C@@H](CCN)C1=O. The van der Waals surface area contributed by atoms with Gasteiger partial charge in [-0.2, -0.15) is 0 Å². The van der Waals surface area contributed by atoms with Crippen molar-refractivity contribution < 1.29 is 28.8 Å². The number of nitrogens with two attached hydrogens (primary N) is 2. The standard InChI is InChI=1S/C27H40Cl2N4O2.C26H35ClN4O2.C22H32Cl2N4O2/c1-4-20(19(2)3)18-33-15-10-22(17-30-26(34)21-8-9-23(28)24(29)16-21)31-25(27(33)35)11-14-32-12-6-5-7-13-32;1-4-18(17(2)3)16-31-12-10-23(30-24(9-11-28)26(31)33)15-29-25(32)21-6-5-20-14-22(27)8-7-19(20)13-21;1-4-15(14(2)3)13-28-10-8-17(27-20(7-9-25)22(28)30)12-26-21(29)16-5-6-18(23)19(24)11-16/h8-9,16,20,22,25,31H,2,4-7,10-15,17-18H2,1,3H3,(H,30,34);5-8,13-14,18,23-24,30H,2,4,9-12,15-16,28H2,1,3H3,(H,29,32);5-6,11,15,17,20,27H,2,4,7-10,12-13,25H2,1,3H3,(H,26,29)/t20?,22-,25-;18?,23-,24-;15?,17-,20-/m000/s1. The first-order valence-corrected chi connectivity index (χ1v) is 36.9. The predicted octanol–water partition coefficient (Wildman–Crippen LogP) is 11.7. The van der Waals surface area contributed by atoms with Crippen LogP contribution >= 0.6 is 58.0 Å². The number of benzene rings is 4. The summed E-state index contributed by atoms with van der Waals surface area (Å²) < 4.78 is 0. The van der Waals surface area contributed by atoms with Gasteiger partial charge in [0.15, 0.2) is 0 Å². The minimum Gasteiger partial charge on any atom is -0.350 e. The number of hydrogen-bond donors (Lipinski definition) is 8. The van der Waals surface area contributed by atoms with Gasteiger partial charge in [0.05, 0.1) is 38.2 Å². The topological polar surface area (TPSA) is 240 Å². The number of nitrogens with one attached hydrogen (secondary N) is 6. The van der Waals surface area contributed by atoms with Gasteiger partial charge in [-0.15, -0.1) is 0 Å². The van der Waals surface area contributed by atoms with E-state index in [1.807, 2.05) is 65.8 Å². The Kier molecular flexibility index (Phi) is 34.3. The van der Waals surface area contributed by atoms with E-state index in [1.165, 1.54) is 19.3 Å². The molecule has 4 aliphatic rings. The number of likely N-dealkylation sites (tertiary alicyclic amines) is 1. The van der Waals surface area contributed by atoms with Crippen LogP contribution in [0.25, 0.3) is 10.8 Å². The molecule has 0 aliphatic carbocycles. The summed E-state index contributed by atoms with van der Waals surface area (Å²) in [5.41, 5.74) is 16.4. The van der Waals surface area contributed by atoms with E-state index in [0.29, 0.717) is 133 Å². The average Bonchev–Trinajstić information content (AvgIpc) is 1.25. The van der Waals surface area contributed by atoms with Crippen molar-refractivity contribution in [1.82, 2.24) is 51.5 Å². The van der Waals surface area contributed by atoms with Crippen molar-refractivity contribution in [3.63, 3.8) is 0 Å². The van der Waals surface area contributed by atoms with Crippen LogP contribution in [0.4, 0.5) is 0 Å². The van der Waals surface area contributed by atoms with E-state index in [9.17, 15) is 28.8 Å². The number of piperidine rings is 1. The smallest absolute Gasteiger partial charge is 0.251 e. The number of amides is 6. The normalized spacial score (nSPS) is 21.0. The first-order chi connectivity index (χ1) is 46.9. The number of hydrogen-bond acceptors (Lipinski definition) is 12. The highest BCUT2D eigenvalue weighted by atomic mass is 35.5. The fourth-order valence-corrected chi connectivity index (χ4v) is 13.8. The fourth-order valence-electron chi connectivity index (χ4n) is 13.0. The average molecular weight is 1450 g/mol. The number of nitrogens with zero attached hydrogens (tertiary/aromatic N) is 4. The molecule has 0 aromatic heterocycles. The molecule has 4 fully saturated rings. The van der Waals surface area contributed by atoms with Crippen molar-refractivity contribution in [3.05, 3.63) is 151 Å². The molecule has 18 nitrogen and oxygen atoms in total. The Labute approximate surface area is 607 Å². The zero-order valence-corrected chi connectivity index (χ0v) is 62.2. The summed E-state index contributed by atoms with van der Waals surface area (Å²) in [5.74, 6) is 0.616. The van der Waals surface area contributed by atoms with Gasteiger partial charge in [0.1, 0.15) is 0 Å². The van der Waals surface area contributed by atoms with Crippen LogP contribution in [0.5, 0.6) is 0 Å². The van der Waals surface area contributed by atoms with Gasteiger partial charge in [-0.05, 0) is 207 Å². The molecule has 0 bridgehead atoms. The molecule has 0 spiro atoms. The monoisotopic (exact) mass is 1450 g/mol. The lowest BCUT2D eigenvalue weighted by molar-refractivity contribution is -0.134. The van der Waals surface area contributed by atoms with Crippen LogP contribution in [0.2, 0.25) is 25.1 Å². The van der Waals surface area contributed by atoms with E-state index < -0.39 is 0 Å². The van der Waals surface area contributed by atoms with Gasteiger partial charge < -0.3 is 63.0 Å². The molecule has 4 saturated heterocycles. The molecule has 4 heterocycles. The molecule has 3 unspecified atom stereocenters. The molecule has 9 atom stereocenters. The highest BCUT2D eigenvalue weighted by Crippen LogP contribution is 2.27. The van der Waals surface area contributed by atoms with Gasteiger partial charge in [0.25, 0.3) is 17.7 Å². The van der Waals surface area contributed by atoms with E-state index >= 15 is 0 Å². The number of carbonyl (C=O) groups is 6. The van der Waals surface area contributed by atoms with Crippen LogP contribution < -0.4 is 43.4 Å². The third-order valence-electron chi connectivity index (χ3n) is 19.3. The third kappa shape index (κ3) is 25.2. The quantitative estimate of drug-likeness (QED) is 0.0248. The van der Waals surface area contributed by atoms with Crippen LogP contribution in [-0.2, 0) is 14.4 Å². The molecule has 4 aromatic rings. The molecule has 4 aliphatic heterocycles. The van der Waals surface area contributed by atoms with Crippen molar-refractivity contribution in [3.8, 4) is 0 Å². The van der Waals surface area contributed by atoms with Crippen LogP contribution in [0, 0.1) is 17.8 Å². The molecule has 0 radical (unpaired) electrons. The lowest BCUT2D eigenvalue weighted by Gasteiger charge is -2.31. The van der Waals surface area contributed by atoms with Gasteiger partial charge in [0.2, 0.25) is 17.7 Å². The van der Waals surface area contributed by atoms with Gasteiger partial charge >= 0.3 is 0 Å². The van der Waals surface area contributed by atoms with E-state index in [2.05, 4.69) is 77.3 Å². The zero-order valence-electron chi connectivity index (χ0n) is 58.4. The summed E-state index contributed by atoms with van der Waals surface area (Å²) in [5, 5.41) is 23.5. The van der Waals surface area contributed by atoms with Crippen molar-refractivity contribution in [1.29, 1.82) is 0 Å². The Hall–Kier alpha value is -5.61. The fraction of sp³-hybridized carbons (Fsp3) is 0.547. The largest absolute Gasteiger partial charge is 0.350 e. The first kappa shape index (κ1) is 81.4. The summed E-state index contributed by atoms with van der Waals surface area (Å²) >= 11 is 30.0. The highest BCUT2D eigenvalue weighted by molar-refractivity contribution is 6.42. The minimum absolute atomic E-state index is 0.00642. The molecule has 4 aromatic carbocycles. The summed E-state index contributed by atoms with van der Waals surface area (Å²) in [6, 6.07) is 19.8. The number of halogens is 5. The zero-order chi connectivity index (χ0) is 71.6. The number of rotatable bonds is 28. The molecular weight excluding hydrogens is 1340 g/mol. The molecular formula is C75H107Cl5N12O6. The van der Waals surface area contributed by atoms with Crippen LogP contribution in [0.15, 0.2) is 109 Å². The van der Waals surface area contributed by atoms with Gasteiger partial charge in [0, 0.05) is 105 Å². The minimum atomic E-state index is -0.355.